The van der Waals surface area contributed by atoms with Crippen molar-refractivity contribution in [2.75, 3.05) is 20.0 Å². The van der Waals surface area contributed by atoms with E-state index in [-0.39, 0.29) is 33.8 Å². The fourth-order valence-corrected chi connectivity index (χ4v) is 5.86. The minimum atomic E-state index is -1.39. The molecule has 0 amide bonds. The molecule has 1 aromatic heterocycles. The van der Waals surface area contributed by atoms with Crippen molar-refractivity contribution >= 4 is 28.8 Å². The fraction of sp³-hybridized carbons (Fsp3) is 0.312. The van der Waals surface area contributed by atoms with Crippen LogP contribution in [0.1, 0.15) is 52.9 Å². The quantitative estimate of drug-likeness (QED) is 0.159. The van der Waals surface area contributed by atoms with Crippen LogP contribution in [0.4, 0.5) is 14.5 Å². The normalized spacial score (nSPS) is 18.3. The molecule has 1 saturated carbocycles. The van der Waals surface area contributed by atoms with Crippen LogP contribution in [0, 0.1) is 24.0 Å². The van der Waals surface area contributed by atoms with Gasteiger partial charge in [-0.3, -0.25) is 0 Å². The number of nitrogens with one attached hydrogen (secondary N) is 1. The molecular formula is C32H35F2N3O5. The first-order valence-corrected chi connectivity index (χ1v) is 13.5. The van der Waals surface area contributed by atoms with Crippen molar-refractivity contribution in [3.05, 3.63) is 82.5 Å². The molecule has 5 N–H and O–H groups in total. The van der Waals surface area contributed by atoms with E-state index in [1.54, 1.807) is 62.0 Å². The van der Waals surface area contributed by atoms with Crippen LogP contribution in [0.5, 0.6) is 5.75 Å². The van der Waals surface area contributed by atoms with Crippen molar-refractivity contribution in [1.82, 2.24) is 4.57 Å². The Balaban J connectivity index is 0.000000385. The Labute approximate surface area is 242 Å². The van der Waals surface area contributed by atoms with Gasteiger partial charge in [0, 0.05) is 36.9 Å². The lowest BCUT2D eigenvalue weighted by molar-refractivity contribution is -0.125. The van der Waals surface area contributed by atoms with Crippen LogP contribution in [0.15, 0.2) is 48.5 Å². The van der Waals surface area contributed by atoms with E-state index in [0.29, 0.717) is 40.7 Å². The molecule has 4 aromatic rings. The number of aliphatic hydroxyl groups is 1. The lowest BCUT2D eigenvalue weighted by Crippen LogP contribution is -2.45. The van der Waals surface area contributed by atoms with Gasteiger partial charge in [0.15, 0.2) is 17.4 Å². The number of anilines is 1. The van der Waals surface area contributed by atoms with Crippen molar-refractivity contribution in [2.45, 2.75) is 44.3 Å². The highest BCUT2D eigenvalue weighted by Crippen LogP contribution is 2.48. The highest BCUT2D eigenvalue weighted by Gasteiger charge is 2.45. The van der Waals surface area contributed by atoms with Crippen LogP contribution in [0.2, 0.25) is 0 Å². The number of aromatic nitrogens is 1. The molecular weight excluding hydrogens is 544 g/mol. The number of benzene rings is 3. The van der Waals surface area contributed by atoms with Crippen molar-refractivity contribution in [1.29, 1.82) is 5.41 Å². The second kappa shape index (κ2) is 12.3. The van der Waals surface area contributed by atoms with E-state index in [1.165, 1.54) is 19.2 Å². The van der Waals surface area contributed by atoms with Gasteiger partial charge >= 0.3 is 5.97 Å². The third kappa shape index (κ3) is 5.35. The number of aromatic carboxylic acids is 1. The summed E-state index contributed by atoms with van der Waals surface area (Å²) in [6.07, 6.45) is 3.29. The zero-order valence-corrected chi connectivity index (χ0v) is 24.0. The van der Waals surface area contributed by atoms with Gasteiger partial charge in [0.1, 0.15) is 5.60 Å². The Hall–Kier alpha value is -4.28. The summed E-state index contributed by atoms with van der Waals surface area (Å²) >= 11 is 0. The van der Waals surface area contributed by atoms with Crippen molar-refractivity contribution in [2.24, 2.45) is 7.05 Å². The van der Waals surface area contributed by atoms with Gasteiger partial charge < -0.3 is 35.4 Å². The molecule has 0 bridgehead atoms. The smallest absolute Gasteiger partial charge is 0.335 e. The zero-order chi connectivity index (χ0) is 30.8. The molecule has 1 aliphatic carbocycles. The number of rotatable bonds is 6. The van der Waals surface area contributed by atoms with E-state index in [9.17, 15) is 19.4 Å². The second-order valence-electron chi connectivity index (χ2n) is 10.4. The van der Waals surface area contributed by atoms with Gasteiger partial charge in [0.2, 0.25) is 0 Å². The molecule has 222 valence electrons. The van der Waals surface area contributed by atoms with Gasteiger partial charge in [-0.25, -0.2) is 13.6 Å². The average Bonchev–Trinajstić information content (AvgIpc) is 3.28. The van der Waals surface area contributed by atoms with E-state index < -0.39 is 23.5 Å². The number of carboxylic acid groups (broad SMARTS) is 1. The largest absolute Gasteiger partial charge is 0.494 e. The van der Waals surface area contributed by atoms with Crippen LogP contribution < -0.4 is 10.5 Å². The number of nitrogens with two attached hydrogens (primary N) is 1. The predicted octanol–water partition coefficient (Wildman–Crippen LogP) is 6.18. The number of halogens is 2. The number of ether oxygens (including phenoxy) is 2. The molecule has 1 aliphatic rings. The number of fused-ring (bicyclic) bond motifs is 1. The van der Waals surface area contributed by atoms with Gasteiger partial charge in [-0.05, 0) is 61.6 Å². The Morgan fingerprint density at radius 1 is 1.17 bits per heavy atom. The van der Waals surface area contributed by atoms with E-state index in [1.807, 2.05) is 0 Å². The minimum absolute atomic E-state index is 0.145. The predicted molar refractivity (Wildman–Crippen MR) is 158 cm³/mol. The van der Waals surface area contributed by atoms with E-state index in [4.69, 9.17) is 15.9 Å². The van der Waals surface area contributed by atoms with E-state index in [2.05, 4.69) is 4.74 Å². The summed E-state index contributed by atoms with van der Waals surface area (Å²) in [5, 5.41) is 29.3. The third-order valence-corrected chi connectivity index (χ3v) is 7.96. The van der Waals surface area contributed by atoms with Gasteiger partial charge in [-0.1, -0.05) is 30.7 Å². The number of nitrogen functional groups attached to an aromatic ring is 1. The molecule has 8 nitrogen and oxygen atoms in total. The van der Waals surface area contributed by atoms with Crippen molar-refractivity contribution < 1.29 is 33.3 Å². The maximum atomic E-state index is 15.7. The summed E-state index contributed by atoms with van der Waals surface area (Å²) in [5.74, 6) is -1.75. The molecule has 1 fully saturated rings. The monoisotopic (exact) mass is 579 g/mol. The first-order valence-electron chi connectivity index (χ1n) is 13.5. The van der Waals surface area contributed by atoms with Crippen LogP contribution in [-0.2, 0) is 17.4 Å². The topological polar surface area (TPSA) is 131 Å². The van der Waals surface area contributed by atoms with E-state index in [0.717, 1.165) is 19.1 Å². The Kier molecular flexibility index (Phi) is 8.98. The Morgan fingerprint density at radius 3 is 2.45 bits per heavy atom. The number of hydrogen-bond donors (Lipinski definition) is 4. The zero-order valence-electron chi connectivity index (χ0n) is 24.0. The Morgan fingerprint density at radius 2 is 1.88 bits per heavy atom. The van der Waals surface area contributed by atoms with Gasteiger partial charge in [0.25, 0.3) is 0 Å². The summed E-state index contributed by atoms with van der Waals surface area (Å²) in [6, 6.07) is 12.7. The number of methoxy groups -OCH3 is 2. The number of para-hydroxylation sites is 1. The number of aryl methyl sites for hydroxylation is 2. The van der Waals surface area contributed by atoms with E-state index >= 15 is 4.39 Å². The molecule has 3 aromatic carbocycles. The molecule has 1 heterocycles. The molecule has 10 heteroatoms. The lowest BCUT2D eigenvalue weighted by atomic mass is 9.77. The van der Waals surface area contributed by atoms with Gasteiger partial charge in [-0.2, -0.15) is 0 Å². The molecule has 2 atom stereocenters. The molecule has 42 heavy (non-hydrogen) atoms. The maximum absolute atomic E-state index is 15.7. The SMILES string of the molecule is COC1CCCCC1(O)c1c(-c2ccc(C(=O)O)c(C)c2)c2c(F)c(N)c(C=N)cc2n1C.COc1ccccc1F. The van der Waals surface area contributed by atoms with Crippen LogP contribution in [0.25, 0.3) is 22.0 Å². The summed E-state index contributed by atoms with van der Waals surface area (Å²) in [6.45, 7) is 1.68. The second-order valence-corrected chi connectivity index (χ2v) is 10.4. The summed E-state index contributed by atoms with van der Waals surface area (Å²) in [7, 11) is 4.75. The number of carboxylic acids is 1. The first-order chi connectivity index (χ1) is 20.0. The number of nitrogens with zero attached hydrogens (tertiary/aromatic N) is 1. The minimum Gasteiger partial charge on any atom is -0.494 e. The average molecular weight is 580 g/mol. The molecule has 0 spiro atoms. The molecule has 2 unspecified atom stereocenters. The van der Waals surface area contributed by atoms with Gasteiger partial charge in [0.05, 0.1) is 35.7 Å². The Bertz CT molecular complexity index is 1650. The highest BCUT2D eigenvalue weighted by molar-refractivity contribution is 6.05. The van der Waals surface area contributed by atoms with Crippen molar-refractivity contribution in [3.63, 3.8) is 0 Å². The van der Waals surface area contributed by atoms with Crippen LogP contribution >= 0.6 is 0 Å². The number of hydrogen-bond acceptors (Lipinski definition) is 6. The standard InChI is InChI=1S/C25H28FN3O4.C7H7FO/c1-13-10-14(7-8-16(13)24(30)31)19-20-17(11-15(12-27)22(28)21(20)26)29(2)23(19)25(32)9-5-4-6-18(25)33-3;1-9-7-5-3-2-4-6(7)8/h7-8,10-12,18,27,32H,4-6,9,28H2,1-3H3,(H,30,31);2-5H,1H3. The fourth-order valence-electron chi connectivity index (χ4n) is 5.86. The lowest BCUT2D eigenvalue weighted by Gasteiger charge is -2.40. The number of carbonyl (C=O) groups is 1. The van der Waals surface area contributed by atoms with Crippen molar-refractivity contribution in [3.8, 4) is 16.9 Å². The first kappa shape index (κ1) is 30.7. The third-order valence-electron chi connectivity index (χ3n) is 7.96. The summed E-state index contributed by atoms with van der Waals surface area (Å²) < 4.78 is 40.3. The summed E-state index contributed by atoms with van der Waals surface area (Å²) in [5.41, 5.74) is 7.42. The molecule has 0 saturated heterocycles. The molecule has 0 radical (unpaired) electrons. The highest BCUT2D eigenvalue weighted by atomic mass is 19.1. The molecule has 5 rings (SSSR count). The van der Waals surface area contributed by atoms with Crippen LogP contribution in [0.3, 0.4) is 0 Å². The maximum Gasteiger partial charge on any atom is 0.335 e. The van der Waals surface area contributed by atoms with Gasteiger partial charge in [-0.15, -0.1) is 0 Å². The summed E-state index contributed by atoms with van der Waals surface area (Å²) in [4.78, 5) is 11.5. The van der Waals surface area contributed by atoms with Crippen LogP contribution in [-0.4, -0.2) is 47.3 Å². The molecule has 0 aliphatic heterocycles.